The summed E-state index contributed by atoms with van der Waals surface area (Å²) >= 11 is 4.74. The summed E-state index contributed by atoms with van der Waals surface area (Å²) in [7, 11) is 0. The summed E-state index contributed by atoms with van der Waals surface area (Å²) in [5, 5.41) is 0.441. The zero-order valence-electron chi connectivity index (χ0n) is 14.4. The lowest BCUT2D eigenvalue weighted by atomic mass is 10.2. The van der Waals surface area contributed by atoms with Gasteiger partial charge in [0.05, 0.1) is 20.4 Å². The third-order valence-corrected chi connectivity index (χ3v) is 6.69. The lowest BCUT2D eigenvalue weighted by molar-refractivity contribution is 0.0997. The molecule has 4 rings (SSSR count). The van der Waals surface area contributed by atoms with Crippen molar-refractivity contribution in [2.24, 2.45) is 4.99 Å². The number of thiazole rings is 2. The van der Waals surface area contributed by atoms with Gasteiger partial charge in [-0.1, -0.05) is 29.5 Å². The number of carbonyl (C=O) groups is 1. The molecule has 7 heteroatoms. The number of thioether (sulfide) groups is 1. The van der Waals surface area contributed by atoms with E-state index in [1.54, 1.807) is 23.1 Å². The first-order valence-corrected chi connectivity index (χ1v) is 11.2. The number of aryl methyl sites for hydroxylation is 2. The van der Waals surface area contributed by atoms with Crippen LogP contribution in [0.2, 0.25) is 0 Å². The SMILES string of the molecule is CSCCn1c(=NC(=O)c2nc3ccccc3s2)sc2cc(C)ccc21. The number of amides is 1. The van der Waals surface area contributed by atoms with Crippen LogP contribution >= 0.6 is 34.4 Å². The van der Waals surface area contributed by atoms with Crippen LogP contribution in [0.4, 0.5) is 0 Å². The topological polar surface area (TPSA) is 47.2 Å². The molecule has 0 fully saturated rings. The third kappa shape index (κ3) is 3.34. The van der Waals surface area contributed by atoms with Crippen LogP contribution in [-0.4, -0.2) is 27.5 Å². The van der Waals surface area contributed by atoms with Gasteiger partial charge in [-0.3, -0.25) is 4.79 Å². The number of fused-ring (bicyclic) bond motifs is 2. The molecular formula is C19H17N3OS3. The molecule has 0 aliphatic rings. The molecule has 132 valence electrons. The first kappa shape index (κ1) is 17.5. The van der Waals surface area contributed by atoms with Gasteiger partial charge in [0.25, 0.3) is 0 Å². The number of rotatable bonds is 4. The van der Waals surface area contributed by atoms with E-state index in [0.29, 0.717) is 5.01 Å². The third-order valence-electron chi connectivity index (χ3n) is 4.03. The zero-order valence-corrected chi connectivity index (χ0v) is 16.9. The molecule has 0 saturated heterocycles. The molecule has 2 aromatic heterocycles. The standard InChI is InChI=1S/C19H17N3OS3/c1-12-7-8-14-16(11-12)26-19(22(14)9-10-24-2)21-17(23)18-20-13-5-3-4-6-15(13)25-18/h3-8,11H,9-10H2,1-2H3. The van der Waals surface area contributed by atoms with Crippen molar-refractivity contribution in [2.45, 2.75) is 13.5 Å². The van der Waals surface area contributed by atoms with Gasteiger partial charge in [-0.05, 0) is 43.0 Å². The van der Waals surface area contributed by atoms with Crippen LogP contribution in [0.5, 0.6) is 0 Å². The van der Waals surface area contributed by atoms with Gasteiger partial charge in [0.15, 0.2) is 9.81 Å². The van der Waals surface area contributed by atoms with E-state index in [9.17, 15) is 4.79 Å². The Bertz CT molecular complexity index is 1140. The van der Waals surface area contributed by atoms with Crippen LogP contribution in [0, 0.1) is 6.92 Å². The van der Waals surface area contributed by atoms with Gasteiger partial charge in [0, 0.05) is 12.3 Å². The highest BCUT2D eigenvalue weighted by Crippen LogP contribution is 2.23. The molecule has 0 bridgehead atoms. The first-order chi connectivity index (χ1) is 12.7. The predicted octanol–water partition coefficient (Wildman–Crippen LogP) is 4.73. The Kier molecular flexibility index (Phi) is 4.93. The van der Waals surface area contributed by atoms with E-state index >= 15 is 0 Å². The summed E-state index contributed by atoms with van der Waals surface area (Å²) in [5.41, 5.74) is 3.18. The Morgan fingerprint density at radius 3 is 2.85 bits per heavy atom. The van der Waals surface area contributed by atoms with E-state index in [0.717, 1.165) is 37.5 Å². The van der Waals surface area contributed by atoms with Crippen molar-refractivity contribution in [1.29, 1.82) is 0 Å². The van der Waals surface area contributed by atoms with Crippen LogP contribution in [-0.2, 0) is 6.54 Å². The molecule has 0 spiro atoms. The Hall–Kier alpha value is -1.96. The van der Waals surface area contributed by atoms with Crippen LogP contribution in [0.1, 0.15) is 15.4 Å². The second-order valence-corrected chi connectivity index (χ2v) is 8.93. The number of aromatic nitrogens is 2. The number of nitrogens with zero attached hydrogens (tertiary/aromatic N) is 3. The predicted molar refractivity (Wildman–Crippen MR) is 112 cm³/mol. The minimum absolute atomic E-state index is 0.271. The Balaban J connectivity index is 1.81. The van der Waals surface area contributed by atoms with Gasteiger partial charge in [0.1, 0.15) is 0 Å². The van der Waals surface area contributed by atoms with Gasteiger partial charge in [0.2, 0.25) is 0 Å². The molecule has 0 saturated carbocycles. The normalized spacial score (nSPS) is 12.3. The second kappa shape index (κ2) is 7.34. The molecule has 0 aliphatic carbocycles. The van der Waals surface area contributed by atoms with Crippen molar-refractivity contribution in [3.05, 3.63) is 57.8 Å². The largest absolute Gasteiger partial charge is 0.316 e. The lowest BCUT2D eigenvalue weighted by Gasteiger charge is -2.03. The maximum Gasteiger partial charge on any atom is 0.308 e. The second-order valence-electron chi connectivity index (χ2n) is 5.90. The molecule has 2 aromatic carbocycles. The van der Waals surface area contributed by atoms with Crippen molar-refractivity contribution in [2.75, 3.05) is 12.0 Å². The van der Waals surface area contributed by atoms with Crippen molar-refractivity contribution in [1.82, 2.24) is 9.55 Å². The zero-order chi connectivity index (χ0) is 18.1. The summed E-state index contributed by atoms with van der Waals surface area (Å²) in [4.78, 5) is 22.3. The summed E-state index contributed by atoms with van der Waals surface area (Å²) in [6, 6.07) is 14.1. The fourth-order valence-electron chi connectivity index (χ4n) is 2.76. The summed E-state index contributed by atoms with van der Waals surface area (Å²) < 4.78 is 4.30. The molecule has 0 radical (unpaired) electrons. The quantitative estimate of drug-likeness (QED) is 0.499. The fourth-order valence-corrected chi connectivity index (χ4v) is 5.13. The summed E-state index contributed by atoms with van der Waals surface area (Å²) in [6.45, 7) is 2.91. The molecule has 0 N–H and O–H groups in total. The molecule has 0 atom stereocenters. The fraction of sp³-hybridized carbons (Fsp3) is 0.211. The summed E-state index contributed by atoms with van der Waals surface area (Å²) in [6.07, 6.45) is 2.09. The van der Waals surface area contributed by atoms with Crippen molar-refractivity contribution < 1.29 is 4.79 Å². The van der Waals surface area contributed by atoms with Gasteiger partial charge in [-0.2, -0.15) is 16.8 Å². The minimum Gasteiger partial charge on any atom is -0.316 e. The van der Waals surface area contributed by atoms with Crippen molar-refractivity contribution >= 4 is 60.8 Å². The smallest absolute Gasteiger partial charge is 0.308 e. The van der Waals surface area contributed by atoms with Crippen molar-refractivity contribution in [3.63, 3.8) is 0 Å². The van der Waals surface area contributed by atoms with E-state index in [1.807, 2.05) is 24.3 Å². The Morgan fingerprint density at radius 2 is 2.04 bits per heavy atom. The maximum atomic E-state index is 12.7. The van der Waals surface area contributed by atoms with E-state index < -0.39 is 0 Å². The van der Waals surface area contributed by atoms with Gasteiger partial charge >= 0.3 is 5.91 Å². The average molecular weight is 400 g/mol. The molecular weight excluding hydrogens is 382 g/mol. The molecule has 4 nitrogen and oxygen atoms in total. The van der Waals surface area contributed by atoms with Crippen LogP contribution in [0.3, 0.4) is 0 Å². The molecule has 1 amide bonds. The lowest BCUT2D eigenvalue weighted by Crippen LogP contribution is -2.18. The summed E-state index contributed by atoms with van der Waals surface area (Å²) in [5.74, 6) is 0.703. The molecule has 0 unspecified atom stereocenters. The van der Waals surface area contributed by atoms with Gasteiger partial charge in [-0.25, -0.2) is 4.98 Å². The average Bonchev–Trinajstić information content (AvgIpc) is 3.20. The highest BCUT2D eigenvalue weighted by molar-refractivity contribution is 7.98. The minimum atomic E-state index is -0.271. The van der Waals surface area contributed by atoms with Gasteiger partial charge < -0.3 is 4.57 Å². The van der Waals surface area contributed by atoms with E-state index in [4.69, 9.17) is 0 Å². The van der Waals surface area contributed by atoms with Crippen LogP contribution in [0.25, 0.3) is 20.4 Å². The maximum absolute atomic E-state index is 12.7. The van der Waals surface area contributed by atoms with Crippen LogP contribution < -0.4 is 4.80 Å². The molecule has 0 aliphatic heterocycles. The number of carbonyl (C=O) groups excluding carboxylic acids is 1. The van der Waals surface area contributed by atoms with E-state index in [2.05, 4.69) is 45.9 Å². The number of para-hydroxylation sites is 1. The number of hydrogen-bond acceptors (Lipinski definition) is 5. The molecule has 4 aromatic rings. The number of hydrogen-bond donors (Lipinski definition) is 0. The van der Waals surface area contributed by atoms with E-state index in [-0.39, 0.29) is 5.91 Å². The Morgan fingerprint density at radius 1 is 1.19 bits per heavy atom. The van der Waals surface area contributed by atoms with Crippen molar-refractivity contribution in [3.8, 4) is 0 Å². The molecule has 26 heavy (non-hydrogen) atoms. The van der Waals surface area contributed by atoms with E-state index in [1.165, 1.54) is 16.9 Å². The van der Waals surface area contributed by atoms with Crippen LogP contribution in [0.15, 0.2) is 47.5 Å². The Labute approximate surface area is 163 Å². The monoisotopic (exact) mass is 399 g/mol. The van der Waals surface area contributed by atoms with Gasteiger partial charge in [-0.15, -0.1) is 11.3 Å². The first-order valence-electron chi connectivity index (χ1n) is 8.19. The molecule has 2 heterocycles. The number of benzene rings is 2. The highest BCUT2D eigenvalue weighted by Gasteiger charge is 2.13. The highest BCUT2D eigenvalue weighted by atomic mass is 32.2.